The molecule has 2 aromatic carbocycles. The molecule has 0 amide bonds. The summed E-state index contributed by atoms with van der Waals surface area (Å²) in [6.45, 7) is 2.27. The first kappa shape index (κ1) is 26.5. The van der Waals surface area contributed by atoms with E-state index in [1.54, 1.807) is 36.4 Å². The van der Waals surface area contributed by atoms with Crippen molar-refractivity contribution in [3.63, 3.8) is 0 Å². The number of hydrogen-bond donors (Lipinski definition) is 0. The van der Waals surface area contributed by atoms with Crippen molar-refractivity contribution in [2.24, 2.45) is 5.92 Å². The maximum atomic E-state index is 12.3. The third-order valence-electron chi connectivity index (χ3n) is 7.53. The van der Waals surface area contributed by atoms with E-state index in [0.29, 0.717) is 28.6 Å². The number of unbranched alkanes of at least 4 members (excludes halogenated alkanes) is 5. The molecule has 0 atom stereocenters. The topological polar surface area (TPSA) is 75.9 Å². The summed E-state index contributed by atoms with van der Waals surface area (Å²) in [6, 6.07) is 15.6. The van der Waals surface area contributed by atoms with E-state index >= 15 is 0 Å². The minimum absolute atomic E-state index is 0.401. The molecule has 1 aliphatic rings. The molecule has 192 valence electrons. The van der Waals surface area contributed by atoms with E-state index in [-0.39, 0.29) is 0 Å². The lowest BCUT2D eigenvalue weighted by Crippen LogP contribution is -2.14. The van der Waals surface area contributed by atoms with Crippen LogP contribution in [0.3, 0.4) is 0 Å². The first-order valence-corrected chi connectivity index (χ1v) is 13.8. The Hall–Kier alpha value is -3.52. The van der Waals surface area contributed by atoms with Crippen LogP contribution in [0.1, 0.15) is 105 Å². The highest BCUT2D eigenvalue weighted by molar-refractivity contribution is 5.91. The van der Waals surface area contributed by atoms with Crippen LogP contribution in [0, 0.1) is 17.2 Å². The largest absolute Gasteiger partial charge is 0.423 e. The maximum absolute atomic E-state index is 12.3. The van der Waals surface area contributed by atoms with Crippen LogP contribution < -0.4 is 4.74 Å². The molecular formula is C32H37N3O2. The van der Waals surface area contributed by atoms with Gasteiger partial charge < -0.3 is 4.74 Å². The summed E-state index contributed by atoms with van der Waals surface area (Å²) in [5.41, 5.74) is 3.03. The summed E-state index contributed by atoms with van der Waals surface area (Å²) in [5.74, 6) is 2.13. The maximum Gasteiger partial charge on any atom is 0.343 e. The van der Waals surface area contributed by atoms with Crippen LogP contribution in [-0.2, 0) is 0 Å². The van der Waals surface area contributed by atoms with Gasteiger partial charge in [0.15, 0.2) is 5.82 Å². The van der Waals surface area contributed by atoms with Gasteiger partial charge in [-0.15, -0.1) is 0 Å². The number of nitriles is 1. The molecule has 5 nitrogen and oxygen atoms in total. The summed E-state index contributed by atoms with van der Waals surface area (Å²) in [7, 11) is 0. The third-order valence-corrected chi connectivity index (χ3v) is 7.53. The van der Waals surface area contributed by atoms with Gasteiger partial charge in [0.05, 0.1) is 17.2 Å². The smallest absolute Gasteiger partial charge is 0.343 e. The number of ether oxygens (including phenoxy) is 1. The van der Waals surface area contributed by atoms with Gasteiger partial charge in [0.1, 0.15) is 5.75 Å². The number of carbonyl (C=O) groups excluding carboxylic acids is 1. The summed E-state index contributed by atoms with van der Waals surface area (Å²) in [4.78, 5) is 21.6. The highest BCUT2D eigenvalue weighted by atomic mass is 16.5. The predicted octanol–water partition coefficient (Wildman–Crippen LogP) is 8.26. The van der Waals surface area contributed by atoms with E-state index < -0.39 is 5.97 Å². The number of nitrogens with zero attached hydrogens (tertiary/aromatic N) is 3. The number of benzene rings is 2. The molecule has 3 aromatic rings. The van der Waals surface area contributed by atoms with E-state index in [1.807, 2.05) is 30.6 Å². The molecular weight excluding hydrogens is 458 g/mol. The van der Waals surface area contributed by atoms with Crippen LogP contribution in [0.2, 0.25) is 0 Å². The second-order valence-corrected chi connectivity index (χ2v) is 10.2. The summed E-state index contributed by atoms with van der Waals surface area (Å²) < 4.78 is 5.46. The quantitative estimate of drug-likeness (QED) is 0.152. The molecule has 0 saturated heterocycles. The minimum atomic E-state index is -0.459. The summed E-state index contributed by atoms with van der Waals surface area (Å²) >= 11 is 0. The van der Waals surface area contributed by atoms with Crippen molar-refractivity contribution in [3.05, 3.63) is 77.6 Å². The Labute approximate surface area is 220 Å². The zero-order chi connectivity index (χ0) is 25.9. The van der Waals surface area contributed by atoms with Crippen molar-refractivity contribution in [1.82, 2.24) is 9.97 Å². The van der Waals surface area contributed by atoms with Gasteiger partial charge in [0.25, 0.3) is 0 Å². The van der Waals surface area contributed by atoms with Gasteiger partial charge in [-0.25, -0.2) is 14.8 Å². The Morgan fingerprint density at radius 1 is 0.892 bits per heavy atom. The van der Waals surface area contributed by atoms with Crippen molar-refractivity contribution < 1.29 is 9.53 Å². The minimum Gasteiger partial charge on any atom is -0.423 e. The monoisotopic (exact) mass is 495 g/mol. The SMILES string of the molecule is CCCCCCCCC1CCC(c2cnc(-c3ccc(OC(=O)c4ccc(C#N)cc4)cc3)nc2)CC1. The van der Waals surface area contributed by atoms with E-state index in [2.05, 4.69) is 16.9 Å². The molecule has 1 aliphatic carbocycles. The number of esters is 1. The number of aromatic nitrogens is 2. The highest BCUT2D eigenvalue weighted by Gasteiger charge is 2.22. The lowest BCUT2D eigenvalue weighted by molar-refractivity contribution is 0.0735. The van der Waals surface area contributed by atoms with Crippen molar-refractivity contribution in [3.8, 4) is 23.2 Å². The van der Waals surface area contributed by atoms with E-state index in [0.717, 1.165) is 11.5 Å². The summed E-state index contributed by atoms with van der Waals surface area (Å²) in [5, 5.41) is 8.89. The Balaban J connectivity index is 1.24. The standard InChI is InChI=1S/C32H37N3O2/c1-2-3-4-5-6-7-8-24-9-13-26(14-10-24)29-22-34-31(35-23-29)27-17-19-30(20-18-27)37-32(36)28-15-11-25(21-33)12-16-28/h11-12,15-20,22-24,26H,2-10,13-14H2,1H3. The first-order chi connectivity index (χ1) is 18.2. The number of rotatable bonds is 11. The molecule has 1 fully saturated rings. The van der Waals surface area contributed by atoms with Gasteiger partial charge >= 0.3 is 5.97 Å². The van der Waals surface area contributed by atoms with Gasteiger partial charge in [0, 0.05) is 18.0 Å². The third kappa shape index (κ3) is 7.73. The molecule has 0 N–H and O–H groups in total. The molecule has 0 spiro atoms. The normalized spacial score (nSPS) is 17.2. The Kier molecular flexibility index (Phi) is 9.82. The molecule has 0 radical (unpaired) electrons. The molecule has 4 rings (SSSR count). The van der Waals surface area contributed by atoms with E-state index in [9.17, 15) is 4.79 Å². The zero-order valence-corrected chi connectivity index (χ0v) is 21.9. The lowest BCUT2D eigenvalue weighted by atomic mass is 9.77. The molecule has 5 heteroatoms. The molecule has 1 heterocycles. The number of carbonyl (C=O) groups is 1. The zero-order valence-electron chi connectivity index (χ0n) is 21.9. The van der Waals surface area contributed by atoms with Crippen molar-refractivity contribution in [2.75, 3.05) is 0 Å². The summed E-state index contributed by atoms with van der Waals surface area (Å²) in [6.07, 6.45) is 18.8. The molecule has 1 aromatic heterocycles. The van der Waals surface area contributed by atoms with Crippen molar-refractivity contribution >= 4 is 5.97 Å². The molecule has 0 unspecified atom stereocenters. The van der Waals surface area contributed by atoms with Crippen LogP contribution in [0.25, 0.3) is 11.4 Å². The molecule has 0 aliphatic heterocycles. The van der Waals surface area contributed by atoms with E-state index in [4.69, 9.17) is 10.00 Å². The van der Waals surface area contributed by atoms with Gasteiger partial charge in [-0.05, 0) is 91.6 Å². The van der Waals surface area contributed by atoms with Crippen molar-refractivity contribution in [1.29, 1.82) is 5.26 Å². The van der Waals surface area contributed by atoms with Crippen LogP contribution in [0.4, 0.5) is 0 Å². The van der Waals surface area contributed by atoms with Crippen molar-refractivity contribution in [2.45, 2.75) is 83.5 Å². The molecule has 37 heavy (non-hydrogen) atoms. The van der Waals surface area contributed by atoms with Crippen LogP contribution in [-0.4, -0.2) is 15.9 Å². The molecule has 0 bridgehead atoms. The Morgan fingerprint density at radius 3 is 2.19 bits per heavy atom. The second kappa shape index (κ2) is 13.7. The predicted molar refractivity (Wildman–Crippen MR) is 146 cm³/mol. The highest BCUT2D eigenvalue weighted by Crippen LogP contribution is 2.37. The fourth-order valence-corrected chi connectivity index (χ4v) is 5.21. The fourth-order valence-electron chi connectivity index (χ4n) is 5.21. The van der Waals surface area contributed by atoms with Gasteiger partial charge in [-0.3, -0.25) is 0 Å². The van der Waals surface area contributed by atoms with Crippen LogP contribution in [0.15, 0.2) is 60.9 Å². The van der Waals surface area contributed by atoms with Crippen LogP contribution >= 0.6 is 0 Å². The molecule has 1 saturated carbocycles. The van der Waals surface area contributed by atoms with Gasteiger partial charge in [-0.1, -0.05) is 51.9 Å². The fraction of sp³-hybridized carbons (Fsp3) is 0.438. The lowest BCUT2D eigenvalue weighted by Gasteiger charge is -2.28. The first-order valence-electron chi connectivity index (χ1n) is 13.8. The second-order valence-electron chi connectivity index (χ2n) is 10.2. The Morgan fingerprint density at radius 2 is 1.54 bits per heavy atom. The van der Waals surface area contributed by atoms with E-state index in [1.165, 1.54) is 76.2 Å². The van der Waals surface area contributed by atoms with Gasteiger partial charge in [0.2, 0.25) is 0 Å². The Bertz CT molecular complexity index is 1160. The average molecular weight is 496 g/mol. The number of hydrogen-bond acceptors (Lipinski definition) is 5. The van der Waals surface area contributed by atoms with Crippen LogP contribution in [0.5, 0.6) is 5.75 Å². The van der Waals surface area contributed by atoms with Gasteiger partial charge in [-0.2, -0.15) is 5.26 Å². The average Bonchev–Trinajstić information content (AvgIpc) is 2.96.